The van der Waals surface area contributed by atoms with E-state index in [1.807, 2.05) is 12.1 Å². The average molecular weight is 734 g/mol. The van der Waals surface area contributed by atoms with Crippen molar-refractivity contribution in [2.75, 3.05) is 0 Å². The molecule has 0 bridgehead atoms. The zero-order valence-corrected chi connectivity index (χ0v) is 31.8. The second-order valence-corrected chi connectivity index (χ2v) is 14.3. The molecule has 5 heteroatoms. The standard InChI is InChI=1S/C52H39N5/c1-3-16-45-41(4-2)42-21-11-13-24-46(42)56(45)48-26-15-23-44-43-22-12-14-25-47(43)57(49(44)48)52-54-50(39-31-27-37(28-32-39)35-17-7-5-8-18-35)53-51(55-52)40-33-29-38(30-34-40)36-19-9-6-10-20-36/h3,5-34H,4H2,1-2H3/b16-3-. The Kier molecular flexibility index (Phi) is 8.61. The fraction of sp³-hybridized carbons (Fsp3) is 0.0577. The molecule has 0 aliphatic carbocycles. The van der Waals surface area contributed by atoms with Crippen molar-refractivity contribution in [2.45, 2.75) is 20.3 Å². The van der Waals surface area contributed by atoms with E-state index >= 15 is 0 Å². The first kappa shape index (κ1) is 34.1. The number of hydrogen-bond acceptors (Lipinski definition) is 3. The van der Waals surface area contributed by atoms with Crippen LogP contribution in [0.5, 0.6) is 0 Å². The summed E-state index contributed by atoms with van der Waals surface area (Å²) in [5.74, 6) is 1.78. The lowest BCUT2D eigenvalue weighted by Gasteiger charge is -2.15. The highest BCUT2D eigenvalue weighted by Gasteiger charge is 2.23. The van der Waals surface area contributed by atoms with E-state index in [9.17, 15) is 0 Å². The van der Waals surface area contributed by atoms with Crippen molar-refractivity contribution in [1.29, 1.82) is 0 Å². The van der Waals surface area contributed by atoms with E-state index in [2.05, 4.69) is 199 Å². The molecule has 0 fully saturated rings. The van der Waals surface area contributed by atoms with Gasteiger partial charge in [0.15, 0.2) is 11.6 Å². The second kappa shape index (κ2) is 14.4. The molecule has 0 aliphatic rings. The van der Waals surface area contributed by atoms with E-state index in [0.29, 0.717) is 17.6 Å². The molecule has 5 nitrogen and oxygen atoms in total. The Hall–Kier alpha value is -7.37. The Balaban J connectivity index is 1.24. The molecule has 0 atom stereocenters. The van der Waals surface area contributed by atoms with Crippen LogP contribution in [-0.4, -0.2) is 24.1 Å². The maximum absolute atomic E-state index is 5.33. The molecule has 0 radical (unpaired) electrons. The summed E-state index contributed by atoms with van der Waals surface area (Å²) in [6.07, 6.45) is 5.29. The molecule has 10 rings (SSSR count). The zero-order valence-electron chi connectivity index (χ0n) is 31.8. The van der Waals surface area contributed by atoms with E-state index in [1.54, 1.807) is 0 Å². The molecule has 0 N–H and O–H groups in total. The number of benzene rings is 7. The molecule has 0 saturated heterocycles. The Bertz CT molecular complexity index is 2980. The summed E-state index contributed by atoms with van der Waals surface area (Å²) in [7, 11) is 0. The number of allylic oxidation sites excluding steroid dienone is 1. The molecular weight excluding hydrogens is 695 g/mol. The van der Waals surface area contributed by atoms with E-state index < -0.39 is 0 Å². The van der Waals surface area contributed by atoms with Gasteiger partial charge in [0.25, 0.3) is 0 Å². The Morgan fingerprint density at radius 3 is 1.47 bits per heavy atom. The van der Waals surface area contributed by atoms with Crippen LogP contribution in [0.4, 0.5) is 0 Å². The van der Waals surface area contributed by atoms with Gasteiger partial charge >= 0.3 is 0 Å². The van der Waals surface area contributed by atoms with E-state index in [4.69, 9.17) is 15.0 Å². The van der Waals surface area contributed by atoms with Gasteiger partial charge in [-0.25, -0.2) is 4.98 Å². The molecule has 57 heavy (non-hydrogen) atoms. The van der Waals surface area contributed by atoms with Crippen LogP contribution >= 0.6 is 0 Å². The van der Waals surface area contributed by atoms with Crippen LogP contribution < -0.4 is 0 Å². The SMILES string of the molecule is C/C=C\c1c(CC)c2ccccc2n1-c1cccc2c3ccccc3n(-c3nc(-c4ccc(-c5ccccc5)cc4)nc(-c4ccc(-c5ccccc5)cc4)n3)c12. The fourth-order valence-corrected chi connectivity index (χ4v) is 8.29. The van der Waals surface area contributed by atoms with Gasteiger partial charge in [-0.1, -0.05) is 171 Å². The molecule has 7 aromatic carbocycles. The highest BCUT2D eigenvalue weighted by molar-refractivity contribution is 6.12. The van der Waals surface area contributed by atoms with Crippen molar-refractivity contribution in [3.05, 3.63) is 193 Å². The molecular formula is C52H39N5. The van der Waals surface area contributed by atoms with Crippen LogP contribution in [0.1, 0.15) is 25.1 Å². The Morgan fingerprint density at radius 2 is 0.912 bits per heavy atom. The third-order valence-corrected chi connectivity index (χ3v) is 10.9. The van der Waals surface area contributed by atoms with Crippen molar-refractivity contribution in [1.82, 2.24) is 24.1 Å². The topological polar surface area (TPSA) is 48.5 Å². The number of fused-ring (bicyclic) bond motifs is 4. The smallest absolute Gasteiger partial charge is 0.238 e. The predicted molar refractivity (Wildman–Crippen MR) is 237 cm³/mol. The highest BCUT2D eigenvalue weighted by Crippen LogP contribution is 2.39. The van der Waals surface area contributed by atoms with Crippen molar-refractivity contribution in [3.63, 3.8) is 0 Å². The monoisotopic (exact) mass is 733 g/mol. The summed E-state index contributed by atoms with van der Waals surface area (Å²) in [5, 5.41) is 3.53. The third kappa shape index (κ3) is 5.92. The molecule has 0 aliphatic heterocycles. The van der Waals surface area contributed by atoms with Gasteiger partial charge < -0.3 is 4.57 Å². The minimum atomic E-state index is 0.563. The van der Waals surface area contributed by atoms with Crippen LogP contribution in [0.25, 0.3) is 95.5 Å². The van der Waals surface area contributed by atoms with Crippen LogP contribution in [0, 0.1) is 0 Å². The summed E-state index contributed by atoms with van der Waals surface area (Å²) < 4.78 is 4.66. The summed E-state index contributed by atoms with van der Waals surface area (Å²) in [5.41, 5.74) is 13.2. The normalized spacial score (nSPS) is 11.7. The number of hydrogen-bond donors (Lipinski definition) is 0. The summed E-state index contributed by atoms with van der Waals surface area (Å²) in [6, 6.07) is 61.8. The highest BCUT2D eigenvalue weighted by atomic mass is 15.2. The molecule has 10 aromatic rings. The van der Waals surface area contributed by atoms with Gasteiger partial charge in [-0.3, -0.25) is 4.57 Å². The van der Waals surface area contributed by atoms with Crippen LogP contribution in [-0.2, 0) is 6.42 Å². The van der Waals surface area contributed by atoms with Crippen LogP contribution in [0.15, 0.2) is 182 Å². The lowest BCUT2D eigenvalue weighted by Crippen LogP contribution is -2.08. The maximum atomic E-state index is 5.33. The van der Waals surface area contributed by atoms with Gasteiger partial charge in [0, 0.05) is 33.0 Å². The number of rotatable bonds is 8. The quantitative estimate of drug-likeness (QED) is 0.156. The van der Waals surface area contributed by atoms with Gasteiger partial charge in [0.2, 0.25) is 5.95 Å². The summed E-state index contributed by atoms with van der Waals surface area (Å²) >= 11 is 0. The lowest BCUT2D eigenvalue weighted by molar-refractivity contribution is 0.947. The first-order chi connectivity index (χ1) is 28.2. The Labute approximate surface area is 331 Å². The third-order valence-electron chi connectivity index (χ3n) is 10.9. The zero-order chi connectivity index (χ0) is 38.3. The minimum Gasteiger partial charge on any atom is -0.307 e. The number of para-hydroxylation sites is 3. The molecule has 3 aromatic heterocycles. The van der Waals surface area contributed by atoms with E-state index in [1.165, 1.54) is 33.3 Å². The lowest BCUT2D eigenvalue weighted by atomic mass is 10.0. The van der Waals surface area contributed by atoms with Gasteiger partial charge in [0.1, 0.15) is 0 Å². The summed E-state index contributed by atoms with van der Waals surface area (Å²) in [6.45, 7) is 4.33. The van der Waals surface area contributed by atoms with Gasteiger partial charge in [-0.2, -0.15) is 9.97 Å². The average Bonchev–Trinajstić information content (AvgIpc) is 3.79. The first-order valence-electron chi connectivity index (χ1n) is 19.6. The van der Waals surface area contributed by atoms with Gasteiger partial charge in [-0.05, 0) is 65.4 Å². The second-order valence-electron chi connectivity index (χ2n) is 14.3. The minimum absolute atomic E-state index is 0.563. The van der Waals surface area contributed by atoms with Gasteiger partial charge in [0.05, 0.1) is 22.2 Å². The largest absolute Gasteiger partial charge is 0.307 e. The number of aromatic nitrogens is 5. The molecule has 3 heterocycles. The van der Waals surface area contributed by atoms with Crippen molar-refractivity contribution < 1.29 is 0 Å². The molecule has 0 unspecified atom stereocenters. The predicted octanol–water partition coefficient (Wildman–Crippen LogP) is 13.2. The van der Waals surface area contributed by atoms with Crippen LogP contribution in [0.3, 0.4) is 0 Å². The fourth-order valence-electron chi connectivity index (χ4n) is 8.29. The summed E-state index contributed by atoms with van der Waals surface area (Å²) in [4.78, 5) is 15.8. The van der Waals surface area contributed by atoms with Gasteiger partial charge in [-0.15, -0.1) is 0 Å². The van der Waals surface area contributed by atoms with E-state index in [0.717, 1.165) is 56.2 Å². The van der Waals surface area contributed by atoms with Crippen molar-refractivity contribution in [2.24, 2.45) is 0 Å². The molecule has 0 spiro atoms. The van der Waals surface area contributed by atoms with Crippen LogP contribution in [0.2, 0.25) is 0 Å². The van der Waals surface area contributed by atoms with Crippen molar-refractivity contribution in [3.8, 4) is 56.7 Å². The number of aryl methyl sites for hydroxylation is 1. The Morgan fingerprint density at radius 1 is 0.439 bits per heavy atom. The molecule has 0 saturated carbocycles. The van der Waals surface area contributed by atoms with Crippen molar-refractivity contribution >= 4 is 38.8 Å². The van der Waals surface area contributed by atoms with E-state index in [-0.39, 0.29) is 0 Å². The maximum Gasteiger partial charge on any atom is 0.238 e. The molecule has 0 amide bonds. The number of nitrogens with zero attached hydrogens (tertiary/aromatic N) is 5. The molecule has 272 valence electrons. The first-order valence-corrected chi connectivity index (χ1v) is 19.6.